The first-order chi connectivity index (χ1) is 16.3. The lowest BCUT2D eigenvalue weighted by atomic mass is 9.77. The SMILES string of the molecule is CN1C(=O)C(c2ccc(N3CCCC3=O)cc2)[C@@](C)(c2cc(-c3cccc(N)c3)cs2)N=C1N. The lowest BCUT2D eigenvalue weighted by molar-refractivity contribution is -0.130. The third kappa shape index (κ3) is 3.64. The molecule has 3 heterocycles. The van der Waals surface area contributed by atoms with Crippen LogP contribution in [0.4, 0.5) is 11.4 Å². The molecule has 174 valence electrons. The van der Waals surface area contributed by atoms with Gasteiger partial charge in [-0.25, -0.2) is 4.99 Å². The monoisotopic (exact) mass is 473 g/mol. The van der Waals surface area contributed by atoms with Gasteiger partial charge in [-0.05, 0) is 65.7 Å². The summed E-state index contributed by atoms with van der Waals surface area (Å²) in [6, 6.07) is 17.5. The van der Waals surface area contributed by atoms with Crippen LogP contribution >= 0.6 is 11.3 Å². The van der Waals surface area contributed by atoms with Crippen molar-refractivity contribution in [1.29, 1.82) is 0 Å². The minimum absolute atomic E-state index is 0.112. The van der Waals surface area contributed by atoms with Crippen LogP contribution in [0.2, 0.25) is 0 Å². The van der Waals surface area contributed by atoms with Gasteiger partial charge in [-0.3, -0.25) is 14.5 Å². The number of nitrogens with zero attached hydrogens (tertiary/aromatic N) is 3. The molecule has 0 bridgehead atoms. The Bertz CT molecular complexity index is 1300. The van der Waals surface area contributed by atoms with Gasteiger partial charge in [0.2, 0.25) is 11.8 Å². The van der Waals surface area contributed by atoms with Crippen LogP contribution in [0.5, 0.6) is 0 Å². The fourth-order valence-electron chi connectivity index (χ4n) is 4.83. The zero-order valence-corrected chi connectivity index (χ0v) is 20.0. The van der Waals surface area contributed by atoms with E-state index in [1.165, 1.54) is 4.90 Å². The minimum Gasteiger partial charge on any atom is -0.399 e. The molecule has 1 fully saturated rings. The number of aliphatic imine (C=N–C) groups is 1. The first-order valence-corrected chi connectivity index (χ1v) is 12.1. The van der Waals surface area contributed by atoms with E-state index in [4.69, 9.17) is 16.5 Å². The Kier molecular flexibility index (Phi) is 5.40. The maximum Gasteiger partial charge on any atom is 0.239 e. The highest BCUT2D eigenvalue weighted by Gasteiger charge is 2.48. The van der Waals surface area contributed by atoms with Crippen molar-refractivity contribution < 1.29 is 9.59 Å². The van der Waals surface area contributed by atoms with Crippen molar-refractivity contribution in [2.45, 2.75) is 31.2 Å². The summed E-state index contributed by atoms with van der Waals surface area (Å²) in [6.45, 7) is 2.69. The second-order valence-electron chi connectivity index (χ2n) is 9.01. The van der Waals surface area contributed by atoms with Crippen LogP contribution in [0.3, 0.4) is 0 Å². The molecule has 0 saturated carbocycles. The molecule has 2 aliphatic heterocycles. The van der Waals surface area contributed by atoms with Crippen LogP contribution in [0, 0.1) is 0 Å². The number of nitrogen functional groups attached to an aromatic ring is 1. The van der Waals surface area contributed by atoms with E-state index in [2.05, 4.69) is 11.4 Å². The molecular weight excluding hydrogens is 446 g/mol. The zero-order chi connectivity index (χ0) is 24.0. The number of rotatable bonds is 4. The molecule has 1 aromatic heterocycles. The van der Waals surface area contributed by atoms with E-state index in [1.54, 1.807) is 23.3 Å². The van der Waals surface area contributed by atoms with Gasteiger partial charge in [0.05, 0.1) is 5.92 Å². The van der Waals surface area contributed by atoms with Gasteiger partial charge >= 0.3 is 0 Å². The predicted octanol–water partition coefficient (Wildman–Crippen LogP) is 3.91. The summed E-state index contributed by atoms with van der Waals surface area (Å²) in [4.78, 5) is 34.7. The topological polar surface area (TPSA) is 105 Å². The number of likely N-dealkylation sites (N-methyl/N-ethyl adjacent to an activating group) is 1. The Morgan fingerprint density at radius 2 is 1.82 bits per heavy atom. The lowest BCUT2D eigenvalue weighted by Gasteiger charge is -2.40. The number of hydrogen-bond acceptors (Lipinski definition) is 6. The van der Waals surface area contributed by atoms with Gasteiger partial charge < -0.3 is 16.4 Å². The number of anilines is 2. The Balaban J connectivity index is 1.55. The molecule has 34 heavy (non-hydrogen) atoms. The van der Waals surface area contributed by atoms with Gasteiger partial charge in [0, 0.05) is 36.3 Å². The van der Waals surface area contributed by atoms with Crippen LogP contribution in [-0.2, 0) is 15.1 Å². The van der Waals surface area contributed by atoms with E-state index in [1.807, 2.05) is 55.5 Å². The van der Waals surface area contributed by atoms with Crippen molar-refractivity contribution in [3.63, 3.8) is 0 Å². The van der Waals surface area contributed by atoms with Gasteiger partial charge in [-0.2, -0.15) is 0 Å². The molecule has 7 nitrogen and oxygen atoms in total. The average molecular weight is 474 g/mol. The number of amides is 2. The van der Waals surface area contributed by atoms with Crippen LogP contribution in [0.25, 0.3) is 11.1 Å². The van der Waals surface area contributed by atoms with Crippen molar-refractivity contribution >= 4 is 40.5 Å². The molecule has 2 aromatic carbocycles. The van der Waals surface area contributed by atoms with E-state index in [-0.39, 0.29) is 17.8 Å². The van der Waals surface area contributed by atoms with Gasteiger partial charge in [0.25, 0.3) is 0 Å². The molecule has 0 aliphatic carbocycles. The van der Waals surface area contributed by atoms with Crippen LogP contribution in [-0.4, -0.2) is 36.3 Å². The van der Waals surface area contributed by atoms with Crippen molar-refractivity contribution in [2.24, 2.45) is 10.7 Å². The minimum atomic E-state index is -0.873. The predicted molar refractivity (Wildman–Crippen MR) is 137 cm³/mol. The Morgan fingerprint density at radius 3 is 2.50 bits per heavy atom. The highest BCUT2D eigenvalue weighted by Crippen LogP contribution is 2.47. The summed E-state index contributed by atoms with van der Waals surface area (Å²) in [7, 11) is 1.65. The fourth-order valence-corrected chi connectivity index (χ4v) is 5.88. The molecule has 2 aliphatic rings. The number of nitrogens with two attached hydrogens (primary N) is 2. The van der Waals surface area contributed by atoms with E-state index < -0.39 is 11.5 Å². The summed E-state index contributed by atoms with van der Waals surface area (Å²) in [5, 5.41) is 2.06. The van der Waals surface area contributed by atoms with Crippen molar-refractivity contribution in [3.8, 4) is 11.1 Å². The fraction of sp³-hybridized carbons (Fsp3) is 0.269. The number of benzene rings is 2. The normalized spacial score (nSPS) is 22.9. The molecule has 0 radical (unpaired) electrons. The Morgan fingerprint density at radius 1 is 1.06 bits per heavy atom. The maximum atomic E-state index is 13.5. The average Bonchev–Trinajstić information content (AvgIpc) is 3.48. The standard InChI is InChI=1S/C26H27N5O2S/c1-26(21-14-18(15-34-21)17-5-3-6-19(27)13-17)23(24(33)30(2)25(28)29-26)16-8-10-20(11-9-16)31-12-4-7-22(31)32/h3,5-6,8-11,13-15,23H,4,7,12,27H2,1-2H3,(H2,28,29)/t23?,26-/m1/s1. The number of hydrogen-bond donors (Lipinski definition) is 2. The zero-order valence-electron chi connectivity index (χ0n) is 19.2. The summed E-state index contributed by atoms with van der Waals surface area (Å²) in [5.74, 6) is -0.336. The van der Waals surface area contributed by atoms with Crippen molar-refractivity contribution in [1.82, 2.24) is 4.90 Å². The van der Waals surface area contributed by atoms with Crippen LogP contribution < -0.4 is 16.4 Å². The number of carbonyl (C=O) groups excluding carboxylic acids is 2. The number of carbonyl (C=O) groups is 2. The molecule has 4 N–H and O–H groups in total. The molecule has 3 aromatic rings. The summed E-state index contributed by atoms with van der Waals surface area (Å²) < 4.78 is 0. The molecular formula is C26H27N5O2S. The smallest absolute Gasteiger partial charge is 0.239 e. The van der Waals surface area contributed by atoms with Gasteiger partial charge in [0.15, 0.2) is 5.96 Å². The lowest BCUT2D eigenvalue weighted by Crippen LogP contribution is -2.52. The molecule has 0 spiro atoms. The van der Waals surface area contributed by atoms with Gasteiger partial charge in [0.1, 0.15) is 5.54 Å². The van der Waals surface area contributed by atoms with E-state index >= 15 is 0 Å². The molecule has 1 unspecified atom stereocenters. The summed E-state index contributed by atoms with van der Waals surface area (Å²) in [5.41, 5.74) is 15.7. The van der Waals surface area contributed by atoms with E-state index in [0.717, 1.165) is 40.2 Å². The molecule has 5 rings (SSSR count). The molecule has 2 atom stereocenters. The summed E-state index contributed by atoms with van der Waals surface area (Å²) >= 11 is 1.56. The number of thiophene rings is 1. The third-order valence-electron chi connectivity index (χ3n) is 6.76. The third-order valence-corrected chi connectivity index (χ3v) is 7.92. The molecule has 1 saturated heterocycles. The highest BCUT2D eigenvalue weighted by molar-refractivity contribution is 7.10. The first kappa shape index (κ1) is 22.2. The van der Waals surface area contributed by atoms with E-state index in [0.29, 0.717) is 12.1 Å². The summed E-state index contributed by atoms with van der Waals surface area (Å²) in [6.07, 6.45) is 1.44. The molecule has 2 amide bonds. The van der Waals surface area contributed by atoms with Gasteiger partial charge in [-0.15, -0.1) is 11.3 Å². The number of guanidine groups is 1. The maximum absolute atomic E-state index is 13.5. The van der Waals surface area contributed by atoms with Crippen LogP contribution in [0.15, 0.2) is 65.0 Å². The van der Waals surface area contributed by atoms with Crippen molar-refractivity contribution in [2.75, 3.05) is 24.2 Å². The first-order valence-electron chi connectivity index (χ1n) is 11.3. The van der Waals surface area contributed by atoms with E-state index in [9.17, 15) is 9.59 Å². The molecule has 8 heteroatoms. The second kappa shape index (κ2) is 8.29. The Hall–Kier alpha value is -3.65. The largest absolute Gasteiger partial charge is 0.399 e. The quantitative estimate of drug-likeness (QED) is 0.561. The van der Waals surface area contributed by atoms with Crippen molar-refractivity contribution in [3.05, 3.63) is 70.4 Å². The highest BCUT2D eigenvalue weighted by atomic mass is 32.1. The van der Waals surface area contributed by atoms with Crippen LogP contribution in [0.1, 0.15) is 36.1 Å². The second-order valence-corrected chi connectivity index (χ2v) is 9.92. The Labute approximate surface area is 202 Å². The van der Waals surface area contributed by atoms with Gasteiger partial charge in [-0.1, -0.05) is 24.3 Å².